The van der Waals surface area contributed by atoms with Crippen molar-refractivity contribution in [3.63, 3.8) is 0 Å². The number of aliphatic hydroxyl groups is 1. The van der Waals surface area contributed by atoms with Gasteiger partial charge in [0, 0.05) is 24.3 Å². The van der Waals surface area contributed by atoms with Gasteiger partial charge in [0.2, 0.25) is 5.82 Å². The molecule has 1 atom stereocenters. The van der Waals surface area contributed by atoms with Gasteiger partial charge >= 0.3 is 6.18 Å². The molecule has 1 unspecified atom stereocenters. The molecule has 1 N–H and O–H groups in total. The number of benzene rings is 3. The Bertz CT molecular complexity index is 1290. The van der Waals surface area contributed by atoms with Crippen LogP contribution in [0, 0.1) is 0 Å². The van der Waals surface area contributed by atoms with E-state index in [0.29, 0.717) is 25.2 Å². The van der Waals surface area contributed by atoms with Crippen LogP contribution < -0.4 is 4.90 Å². The minimum Gasteiger partial charge on any atom is -0.386 e. The van der Waals surface area contributed by atoms with Gasteiger partial charge in [-0.2, -0.15) is 18.0 Å². The standard InChI is InChI=1S/C26H24F3N5O/c27-26(28,29)21-12-10-19(11-13-21)16-20-6-4-5-9-23(20)24-30-32-34(31-24)18-25(35)14-15-33(17-25)22-7-2-1-3-8-22/h1-13,35H,14-18H2. The zero-order valence-electron chi connectivity index (χ0n) is 18.9. The second-order valence-corrected chi connectivity index (χ2v) is 8.90. The van der Waals surface area contributed by atoms with Crippen LogP contribution in [0.25, 0.3) is 11.4 Å². The van der Waals surface area contributed by atoms with Gasteiger partial charge in [-0.05, 0) is 53.4 Å². The van der Waals surface area contributed by atoms with Gasteiger partial charge in [-0.3, -0.25) is 0 Å². The first-order valence-corrected chi connectivity index (χ1v) is 11.3. The van der Waals surface area contributed by atoms with Crippen molar-refractivity contribution in [1.82, 2.24) is 20.2 Å². The van der Waals surface area contributed by atoms with E-state index in [4.69, 9.17) is 0 Å². The molecule has 1 aliphatic heterocycles. The van der Waals surface area contributed by atoms with Crippen LogP contribution in [0.3, 0.4) is 0 Å². The van der Waals surface area contributed by atoms with E-state index in [1.807, 2.05) is 54.6 Å². The van der Waals surface area contributed by atoms with Crippen molar-refractivity contribution in [2.45, 2.75) is 31.2 Å². The summed E-state index contributed by atoms with van der Waals surface area (Å²) in [6.45, 7) is 1.42. The number of anilines is 1. The number of nitrogens with zero attached hydrogens (tertiary/aromatic N) is 5. The maximum atomic E-state index is 12.9. The minimum atomic E-state index is -4.36. The Hall–Kier alpha value is -3.72. The van der Waals surface area contributed by atoms with Gasteiger partial charge in [-0.25, -0.2) is 0 Å². The summed E-state index contributed by atoms with van der Waals surface area (Å²) in [7, 11) is 0. The Morgan fingerprint density at radius 2 is 1.63 bits per heavy atom. The number of hydrogen-bond acceptors (Lipinski definition) is 5. The molecule has 5 rings (SSSR count). The highest BCUT2D eigenvalue weighted by molar-refractivity contribution is 5.60. The summed E-state index contributed by atoms with van der Waals surface area (Å²) in [6, 6.07) is 22.6. The number of tetrazole rings is 1. The number of β-amino-alcohol motifs (C(OH)–C–C–N with tert-alkyl or cyclic N) is 1. The smallest absolute Gasteiger partial charge is 0.386 e. The van der Waals surface area contributed by atoms with E-state index in [1.54, 1.807) is 0 Å². The average molecular weight is 480 g/mol. The molecular weight excluding hydrogens is 455 g/mol. The molecule has 0 spiro atoms. The van der Waals surface area contributed by atoms with E-state index in [1.165, 1.54) is 16.9 Å². The van der Waals surface area contributed by atoms with Gasteiger partial charge in [0.1, 0.15) is 5.60 Å². The summed E-state index contributed by atoms with van der Waals surface area (Å²) in [6.07, 6.45) is -3.34. The van der Waals surface area contributed by atoms with Crippen LogP contribution in [0.1, 0.15) is 23.1 Å². The van der Waals surface area contributed by atoms with E-state index in [0.717, 1.165) is 41.1 Å². The Morgan fingerprint density at radius 1 is 0.914 bits per heavy atom. The van der Waals surface area contributed by atoms with Crippen molar-refractivity contribution in [3.05, 3.63) is 95.6 Å². The molecule has 1 aliphatic rings. The molecule has 180 valence electrons. The summed E-state index contributed by atoms with van der Waals surface area (Å²) < 4.78 is 38.6. The van der Waals surface area contributed by atoms with E-state index in [-0.39, 0.29) is 6.54 Å². The van der Waals surface area contributed by atoms with Crippen LogP contribution in [0.5, 0.6) is 0 Å². The molecule has 1 aromatic heterocycles. The van der Waals surface area contributed by atoms with Gasteiger partial charge < -0.3 is 10.0 Å². The highest BCUT2D eigenvalue weighted by Gasteiger charge is 2.37. The first kappa shape index (κ1) is 23.0. The lowest BCUT2D eigenvalue weighted by Gasteiger charge is -2.23. The first-order chi connectivity index (χ1) is 16.8. The summed E-state index contributed by atoms with van der Waals surface area (Å²) >= 11 is 0. The summed E-state index contributed by atoms with van der Waals surface area (Å²) in [5.74, 6) is 0.411. The van der Waals surface area contributed by atoms with Gasteiger partial charge in [0.25, 0.3) is 0 Å². The third kappa shape index (κ3) is 5.19. The molecular formula is C26H24F3N5O. The van der Waals surface area contributed by atoms with Crippen LogP contribution >= 0.6 is 0 Å². The van der Waals surface area contributed by atoms with Crippen LogP contribution in [0.4, 0.5) is 18.9 Å². The maximum absolute atomic E-state index is 12.9. The monoisotopic (exact) mass is 479 g/mol. The van der Waals surface area contributed by atoms with Gasteiger partial charge in [-0.1, -0.05) is 54.6 Å². The SMILES string of the molecule is OC1(Cn2nnc(-c3ccccc3Cc3ccc(C(F)(F)F)cc3)n2)CCN(c2ccccc2)C1. The fraction of sp³-hybridized carbons (Fsp3) is 0.269. The molecule has 2 heterocycles. The van der Waals surface area contributed by atoms with Gasteiger partial charge in [0.05, 0.1) is 12.1 Å². The predicted octanol–water partition coefficient (Wildman–Crippen LogP) is 4.59. The molecule has 6 nitrogen and oxygen atoms in total. The fourth-order valence-electron chi connectivity index (χ4n) is 4.45. The summed E-state index contributed by atoms with van der Waals surface area (Å²) in [5.41, 5.74) is 1.79. The molecule has 9 heteroatoms. The Balaban J connectivity index is 1.30. The topological polar surface area (TPSA) is 67.1 Å². The van der Waals surface area contributed by atoms with E-state index < -0.39 is 17.3 Å². The van der Waals surface area contributed by atoms with Crippen LogP contribution in [0.15, 0.2) is 78.9 Å². The predicted molar refractivity (Wildman–Crippen MR) is 126 cm³/mol. The number of hydrogen-bond donors (Lipinski definition) is 1. The normalized spacial score (nSPS) is 18.2. The number of rotatable bonds is 6. The summed E-state index contributed by atoms with van der Waals surface area (Å²) in [5, 5.41) is 24.0. The minimum absolute atomic E-state index is 0.213. The highest BCUT2D eigenvalue weighted by atomic mass is 19.4. The Kier molecular flexibility index (Phi) is 6.02. The summed E-state index contributed by atoms with van der Waals surface area (Å²) in [4.78, 5) is 3.55. The van der Waals surface area contributed by atoms with Crippen molar-refractivity contribution in [3.8, 4) is 11.4 Å². The molecule has 0 amide bonds. The van der Waals surface area contributed by atoms with E-state index >= 15 is 0 Å². The molecule has 0 saturated carbocycles. The van der Waals surface area contributed by atoms with Crippen LogP contribution in [-0.4, -0.2) is 44.0 Å². The Morgan fingerprint density at radius 3 is 2.37 bits per heavy atom. The van der Waals surface area contributed by atoms with Crippen molar-refractivity contribution in [1.29, 1.82) is 0 Å². The second-order valence-electron chi connectivity index (χ2n) is 8.90. The van der Waals surface area contributed by atoms with Gasteiger partial charge in [0.15, 0.2) is 0 Å². The highest BCUT2D eigenvalue weighted by Crippen LogP contribution is 2.31. The number of aromatic nitrogens is 4. The number of alkyl halides is 3. The zero-order chi connectivity index (χ0) is 24.5. The molecule has 0 radical (unpaired) electrons. The lowest BCUT2D eigenvalue weighted by molar-refractivity contribution is -0.137. The van der Waals surface area contributed by atoms with Gasteiger partial charge in [-0.15, -0.1) is 10.2 Å². The number of para-hydroxylation sites is 1. The third-order valence-corrected chi connectivity index (χ3v) is 6.28. The van der Waals surface area contributed by atoms with Crippen molar-refractivity contribution < 1.29 is 18.3 Å². The lowest BCUT2D eigenvalue weighted by Crippen LogP contribution is -2.38. The van der Waals surface area contributed by atoms with Crippen LogP contribution in [0.2, 0.25) is 0 Å². The molecule has 35 heavy (non-hydrogen) atoms. The molecule has 1 saturated heterocycles. The van der Waals surface area contributed by atoms with Crippen molar-refractivity contribution >= 4 is 5.69 Å². The Labute approximate surface area is 200 Å². The zero-order valence-corrected chi connectivity index (χ0v) is 18.9. The third-order valence-electron chi connectivity index (χ3n) is 6.28. The molecule has 0 bridgehead atoms. The van der Waals surface area contributed by atoms with Crippen molar-refractivity contribution in [2.24, 2.45) is 0 Å². The lowest BCUT2D eigenvalue weighted by atomic mass is 9.98. The van der Waals surface area contributed by atoms with E-state index in [2.05, 4.69) is 20.3 Å². The fourth-order valence-corrected chi connectivity index (χ4v) is 4.45. The second kappa shape index (κ2) is 9.14. The van der Waals surface area contributed by atoms with Crippen LogP contribution in [-0.2, 0) is 19.1 Å². The quantitative estimate of drug-likeness (QED) is 0.438. The van der Waals surface area contributed by atoms with Crippen molar-refractivity contribution in [2.75, 3.05) is 18.0 Å². The molecule has 4 aromatic rings. The van der Waals surface area contributed by atoms with E-state index in [9.17, 15) is 18.3 Å². The largest absolute Gasteiger partial charge is 0.416 e. The average Bonchev–Trinajstić information content (AvgIpc) is 3.46. The maximum Gasteiger partial charge on any atom is 0.416 e. The molecule has 3 aromatic carbocycles. The first-order valence-electron chi connectivity index (χ1n) is 11.3. The molecule has 0 aliphatic carbocycles. The number of halogens is 3. The molecule has 1 fully saturated rings.